The van der Waals surface area contributed by atoms with Gasteiger partial charge in [-0.3, -0.25) is 14.8 Å². The van der Waals surface area contributed by atoms with E-state index in [9.17, 15) is 4.79 Å². The van der Waals surface area contributed by atoms with Crippen molar-refractivity contribution in [1.82, 2.24) is 15.1 Å². The lowest BCUT2D eigenvalue weighted by atomic mass is 9.91. The number of H-pyrrole nitrogens is 1. The fraction of sp³-hybridized carbons (Fsp3) is 0.290. The quantitative estimate of drug-likeness (QED) is 0.387. The molecular weight excluding hydrogens is 476 g/mol. The third-order valence-electron chi connectivity index (χ3n) is 8.23. The van der Waals surface area contributed by atoms with Crippen molar-refractivity contribution < 1.29 is 14.3 Å². The summed E-state index contributed by atoms with van der Waals surface area (Å²) in [4.78, 5) is 15.5. The number of carbonyl (C=O) groups is 1. The van der Waals surface area contributed by atoms with Gasteiger partial charge in [0.2, 0.25) is 5.91 Å². The van der Waals surface area contributed by atoms with Gasteiger partial charge in [-0.25, -0.2) is 0 Å². The molecule has 2 fully saturated rings. The zero-order valence-electron chi connectivity index (χ0n) is 21.4. The smallest absolute Gasteiger partial charge is 0.235 e. The monoisotopic (exact) mass is 506 g/mol. The summed E-state index contributed by atoms with van der Waals surface area (Å²) in [5, 5.41) is 11.9. The summed E-state index contributed by atoms with van der Waals surface area (Å²) in [5.41, 5.74) is 6.92. The van der Waals surface area contributed by atoms with Crippen LogP contribution >= 0.6 is 0 Å². The van der Waals surface area contributed by atoms with Gasteiger partial charge in [-0.2, -0.15) is 5.10 Å². The molecule has 2 N–H and O–H groups in total. The van der Waals surface area contributed by atoms with Crippen LogP contribution in [0.1, 0.15) is 40.3 Å². The van der Waals surface area contributed by atoms with Gasteiger partial charge in [-0.05, 0) is 59.0 Å². The number of fused-ring (bicyclic) bond motifs is 3. The maximum absolute atomic E-state index is 13.0. The number of carbonyl (C=O) groups excluding carboxylic acids is 1. The van der Waals surface area contributed by atoms with E-state index in [1.165, 1.54) is 5.56 Å². The largest absolute Gasteiger partial charge is 0.497 e. The Bertz CT molecular complexity index is 1570. The van der Waals surface area contributed by atoms with Gasteiger partial charge >= 0.3 is 0 Å². The van der Waals surface area contributed by atoms with E-state index in [0.717, 1.165) is 84.0 Å². The Morgan fingerprint density at radius 1 is 1.11 bits per heavy atom. The number of benzene rings is 3. The first kappa shape index (κ1) is 23.2. The van der Waals surface area contributed by atoms with Crippen molar-refractivity contribution in [2.45, 2.75) is 24.3 Å². The molecule has 1 aromatic heterocycles. The number of nitrogens with one attached hydrogen (secondary N) is 2. The topological polar surface area (TPSA) is 79.5 Å². The maximum Gasteiger partial charge on any atom is 0.235 e. The molecule has 3 heterocycles. The number of anilines is 1. The Labute approximate surface area is 221 Å². The van der Waals surface area contributed by atoms with E-state index >= 15 is 0 Å². The molecular formula is C31H30N4O3. The van der Waals surface area contributed by atoms with E-state index in [1.54, 1.807) is 7.11 Å². The molecule has 4 aromatic rings. The van der Waals surface area contributed by atoms with Gasteiger partial charge in [-0.1, -0.05) is 42.5 Å². The van der Waals surface area contributed by atoms with Gasteiger partial charge < -0.3 is 14.8 Å². The molecule has 2 unspecified atom stereocenters. The zero-order valence-corrected chi connectivity index (χ0v) is 21.4. The number of morpholine rings is 1. The summed E-state index contributed by atoms with van der Waals surface area (Å²) < 4.78 is 10.9. The second-order valence-corrected chi connectivity index (χ2v) is 10.5. The van der Waals surface area contributed by atoms with E-state index in [1.807, 2.05) is 18.2 Å². The summed E-state index contributed by atoms with van der Waals surface area (Å²) >= 11 is 0. The van der Waals surface area contributed by atoms with Crippen LogP contribution in [0.5, 0.6) is 5.75 Å². The molecule has 2 atom stereocenters. The molecule has 0 bridgehead atoms. The Kier molecular flexibility index (Phi) is 5.56. The van der Waals surface area contributed by atoms with Crippen LogP contribution in [0.15, 0.2) is 60.7 Å². The molecule has 3 aromatic carbocycles. The van der Waals surface area contributed by atoms with Crippen LogP contribution in [-0.2, 0) is 21.5 Å². The van der Waals surface area contributed by atoms with Crippen LogP contribution in [0.4, 0.5) is 5.69 Å². The van der Waals surface area contributed by atoms with Crippen molar-refractivity contribution in [1.29, 1.82) is 0 Å². The summed E-state index contributed by atoms with van der Waals surface area (Å²) in [6, 6.07) is 20.9. The minimum atomic E-state index is -0.507. The van der Waals surface area contributed by atoms with E-state index < -0.39 is 5.41 Å². The molecule has 192 valence electrons. The average Bonchev–Trinajstić information content (AvgIpc) is 3.49. The van der Waals surface area contributed by atoms with Crippen molar-refractivity contribution in [2.24, 2.45) is 0 Å². The summed E-state index contributed by atoms with van der Waals surface area (Å²) in [6.45, 7) is 4.52. The fourth-order valence-corrected chi connectivity index (χ4v) is 6.09. The molecule has 3 aliphatic rings. The highest BCUT2D eigenvalue weighted by Gasteiger charge is 2.65. The number of hydrogen-bond donors (Lipinski definition) is 2. The van der Waals surface area contributed by atoms with Crippen molar-refractivity contribution >= 4 is 34.6 Å². The summed E-state index contributed by atoms with van der Waals surface area (Å²) in [7, 11) is 1.66. The van der Waals surface area contributed by atoms with Gasteiger partial charge in [-0.15, -0.1) is 0 Å². The minimum absolute atomic E-state index is 0.0786. The number of aromatic nitrogens is 2. The summed E-state index contributed by atoms with van der Waals surface area (Å²) in [5.74, 6) is 0.990. The van der Waals surface area contributed by atoms with Crippen LogP contribution in [-0.4, -0.2) is 54.4 Å². The predicted octanol–water partition coefficient (Wildman–Crippen LogP) is 4.95. The highest BCUT2D eigenvalue weighted by Crippen LogP contribution is 2.65. The number of methoxy groups -OCH3 is 1. The van der Waals surface area contributed by atoms with Gasteiger partial charge in [0.15, 0.2) is 0 Å². The summed E-state index contributed by atoms with van der Waals surface area (Å²) in [6.07, 6.45) is 4.99. The lowest BCUT2D eigenvalue weighted by Gasteiger charge is -2.26. The van der Waals surface area contributed by atoms with E-state index in [4.69, 9.17) is 9.47 Å². The standard InChI is InChI=1S/C31H30N4O3/c1-37-23-7-10-28-25(17-23)31(30(36)32-28)18-26(31)22-6-8-24-27(33-34-29(24)16-22)9-5-20-3-2-4-21(15-20)19-35-11-13-38-14-12-35/h2-10,15-17,26H,11-14,18-19H2,1H3,(H,32,36)(H,33,34). The number of rotatable bonds is 6. The van der Waals surface area contributed by atoms with Crippen LogP contribution in [0.25, 0.3) is 23.1 Å². The number of amides is 1. The van der Waals surface area contributed by atoms with Gasteiger partial charge in [0.25, 0.3) is 0 Å². The Morgan fingerprint density at radius 3 is 2.87 bits per heavy atom. The highest BCUT2D eigenvalue weighted by molar-refractivity contribution is 6.10. The maximum atomic E-state index is 13.0. The van der Waals surface area contributed by atoms with Crippen molar-refractivity contribution in [3.63, 3.8) is 0 Å². The molecule has 1 spiro atoms. The molecule has 1 aliphatic carbocycles. The fourth-order valence-electron chi connectivity index (χ4n) is 6.09. The number of nitrogens with zero attached hydrogens (tertiary/aromatic N) is 2. The molecule has 7 heteroatoms. The van der Waals surface area contributed by atoms with E-state index in [0.29, 0.717) is 0 Å². The van der Waals surface area contributed by atoms with Crippen molar-refractivity contribution in [3.8, 4) is 5.75 Å². The van der Waals surface area contributed by atoms with Crippen LogP contribution in [0.2, 0.25) is 0 Å². The number of hydrogen-bond acceptors (Lipinski definition) is 5. The second-order valence-electron chi connectivity index (χ2n) is 10.5. The molecule has 0 radical (unpaired) electrons. The zero-order chi connectivity index (χ0) is 25.7. The third-order valence-corrected chi connectivity index (χ3v) is 8.23. The van der Waals surface area contributed by atoms with Crippen molar-refractivity contribution in [2.75, 3.05) is 38.7 Å². The SMILES string of the molecule is COc1ccc2c(c1)C1(CC1c1ccc3c(C=Cc4cccc(CN5CCOCC5)c4)n[nH]c3c1)C(=O)N2. The van der Waals surface area contributed by atoms with Crippen molar-refractivity contribution in [3.05, 3.63) is 88.6 Å². The minimum Gasteiger partial charge on any atom is -0.497 e. The Balaban J connectivity index is 1.11. The number of aromatic amines is 1. The average molecular weight is 507 g/mol. The van der Waals surface area contributed by atoms with Crippen LogP contribution < -0.4 is 10.1 Å². The Hall–Kier alpha value is -3.94. The lowest BCUT2D eigenvalue weighted by Crippen LogP contribution is -2.35. The van der Waals surface area contributed by atoms with E-state index in [-0.39, 0.29) is 11.8 Å². The molecule has 7 rings (SSSR count). The molecule has 1 amide bonds. The molecule has 2 aliphatic heterocycles. The van der Waals surface area contributed by atoms with E-state index in [2.05, 4.69) is 75.0 Å². The second kappa shape index (κ2) is 9.11. The Morgan fingerprint density at radius 2 is 2.00 bits per heavy atom. The molecule has 7 nitrogen and oxygen atoms in total. The predicted molar refractivity (Wildman–Crippen MR) is 148 cm³/mol. The van der Waals surface area contributed by atoms with Gasteiger partial charge in [0, 0.05) is 36.6 Å². The first-order valence-electron chi connectivity index (χ1n) is 13.2. The highest BCUT2D eigenvalue weighted by atomic mass is 16.5. The first-order valence-corrected chi connectivity index (χ1v) is 13.2. The molecule has 1 saturated heterocycles. The number of ether oxygens (including phenoxy) is 2. The van der Waals surface area contributed by atoms with Gasteiger partial charge in [0.05, 0.1) is 36.9 Å². The van der Waals surface area contributed by atoms with Gasteiger partial charge in [0.1, 0.15) is 5.75 Å². The molecule has 38 heavy (non-hydrogen) atoms. The molecule has 1 saturated carbocycles. The normalized spacial score (nSPS) is 22.8. The van der Waals surface area contributed by atoms with Crippen LogP contribution in [0, 0.1) is 0 Å². The lowest BCUT2D eigenvalue weighted by molar-refractivity contribution is -0.118. The van der Waals surface area contributed by atoms with Crippen LogP contribution in [0.3, 0.4) is 0 Å². The third kappa shape index (κ3) is 3.90. The first-order chi connectivity index (χ1) is 18.6.